The molecule has 0 bridgehead atoms. The summed E-state index contributed by atoms with van der Waals surface area (Å²) < 4.78 is 5.37. The van der Waals surface area contributed by atoms with Crippen molar-refractivity contribution in [2.75, 3.05) is 12.0 Å². The van der Waals surface area contributed by atoms with E-state index in [2.05, 4.69) is 9.98 Å². The lowest BCUT2D eigenvalue weighted by molar-refractivity contribution is -0.113. The Morgan fingerprint density at radius 1 is 1.08 bits per heavy atom. The molecule has 1 aliphatic heterocycles. The number of anilines is 1. The number of hydrogen-bond donors (Lipinski definition) is 0. The van der Waals surface area contributed by atoms with Crippen molar-refractivity contribution in [2.45, 2.75) is 0 Å². The molecular weight excluding hydrogens is 346 g/mol. The van der Waals surface area contributed by atoms with Crippen LogP contribution in [0.3, 0.4) is 0 Å². The van der Waals surface area contributed by atoms with E-state index in [1.54, 1.807) is 24.3 Å². The van der Waals surface area contributed by atoms with Crippen LogP contribution >= 0.6 is 11.3 Å². The Balaban J connectivity index is 1.83. The van der Waals surface area contributed by atoms with E-state index < -0.39 is 0 Å². The molecule has 0 unspecified atom stereocenters. The predicted octanol–water partition coefficient (Wildman–Crippen LogP) is 3.99. The first kappa shape index (κ1) is 16.2. The summed E-state index contributed by atoms with van der Waals surface area (Å²) in [6.07, 6.45) is 3.43. The quantitative estimate of drug-likeness (QED) is 0.660. The van der Waals surface area contributed by atoms with Crippen molar-refractivity contribution in [1.82, 2.24) is 4.98 Å². The molecule has 1 aromatic heterocycles. The molecule has 128 valence electrons. The topological polar surface area (TPSA) is 54.8 Å². The maximum absolute atomic E-state index is 13.1. The van der Waals surface area contributed by atoms with E-state index in [0.29, 0.717) is 22.4 Å². The third kappa shape index (κ3) is 2.91. The van der Waals surface area contributed by atoms with Crippen LogP contribution < -0.4 is 9.64 Å². The number of thiazole rings is 1. The predicted molar refractivity (Wildman–Crippen MR) is 104 cm³/mol. The highest BCUT2D eigenvalue weighted by Crippen LogP contribution is 2.30. The molecule has 6 heteroatoms. The Hall–Kier alpha value is -3.25. The Morgan fingerprint density at radius 3 is 2.58 bits per heavy atom. The molecule has 0 fully saturated rings. The maximum Gasteiger partial charge on any atom is 0.284 e. The molecular formula is C20H15N3O2S. The molecule has 0 aliphatic carbocycles. The number of carbonyl (C=O) groups excluding carboxylic acids is 1. The molecule has 26 heavy (non-hydrogen) atoms. The largest absolute Gasteiger partial charge is 0.496 e. The van der Waals surface area contributed by atoms with Gasteiger partial charge in [0.05, 0.1) is 7.11 Å². The summed E-state index contributed by atoms with van der Waals surface area (Å²) >= 11 is 1.40. The van der Waals surface area contributed by atoms with E-state index in [1.165, 1.54) is 11.3 Å². The van der Waals surface area contributed by atoms with Crippen LogP contribution in [0.15, 0.2) is 76.9 Å². The second kappa shape index (κ2) is 6.93. The molecule has 4 rings (SSSR count). The number of rotatable bonds is 4. The number of methoxy groups -OCH3 is 1. The second-order valence-corrected chi connectivity index (χ2v) is 6.40. The first-order chi connectivity index (χ1) is 12.8. The molecule has 0 spiro atoms. The van der Waals surface area contributed by atoms with Gasteiger partial charge in [-0.25, -0.2) is 14.9 Å². The molecule has 0 N–H and O–H groups in total. The molecule has 1 aliphatic rings. The lowest BCUT2D eigenvalue weighted by Crippen LogP contribution is -2.32. The third-order valence-corrected chi connectivity index (χ3v) is 4.69. The molecule has 0 saturated heterocycles. The molecule has 2 aromatic carbocycles. The first-order valence-corrected chi connectivity index (χ1v) is 8.88. The molecule has 0 radical (unpaired) electrons. The summed E-state index contributed by atoms with van der Waals surface area (Å²) in [5, 5.41) is 2.44. The number of benzene rings is 2. The number of aromatic nitrogens is 1. The van der Waals surface area contributed by atoms with Crippen LogP contribution in [0.1, 0.15) is 11.1 Å². The Bertz CT molecular complexity index is 995. The number of nitrogens with zero attached hydrogens (tertiary/aromatic N) is 3. The van der Waals surface area contributed by atoms with Gasteiger partial charge >= 0.3 is 0 Å². The summed E-state index contributed by atoms with van der Waals surface area (Å²) in [6, 6.07) is 17.2. The van der Waals surface area contributed by atoms with E-state index in [1.807, 2.05) is 60.0 Å². The van der Waals surface area contributed by atoms with Crippen molar-refractivity contribution in [3.05, 3.63) is 83.0 Å². The minimum absolute atomic E-state index is 0.204. The summed E-state index contributed by atoms with van der Waals surface area (Å²) in [4.78, 5) is 23.5. The molecule has 0 atom stereocenters. The van der Waals surface area contributed by atoms with Gasteiger partial charge in [0.2, 0.25) is 0 Å². The Labute approximate surface area is 154 Å². The van der Waals surface area contributed by atoms with Crippen LogP contribution in [-0.4, -0.2) is 23.8 Å². The van der Waals surface area contributed by atoms with Crippen molar-refractivity contribution in [2.24, 2.45) is 4.99 Å². The summed E-state index contributed by atoms with van der Waals surface area (Å²) in [7, 11) is 1.61. The van der Waals surface area contributed by atoms with Crippen LogP contribution in [-0.2, 0) is 4.79 Å². The van der Waals surface area contributed by atoms with E-state index in [4.69, 9.17) is 4.74 Å². The number of amidine groups is 1. The normalized spacial score (nSPS) is 15.4. The van der Waals surface area contributed by atoms with Gasteiger partial charge in [-0.2, -0.15) is 0 Å². The molecule has 0 saturated carbocycles. The number of hydrogen-bond acceptors (Lipinski definition) is 5. The van der Waals surface area contributed by atoms with Gasteiger partial charge in [-0.15, -0.1) is 11.3 Å². The number of para-hydroxylation sites is 1. The standard InChI is InChI=1S/C20H15N3O2S/c1-25-17-10-6-5-9-15(17)13-16-19(24)23(20-21-11-12-26-20)18(22-16)14-7-3-2-4-8-14/h2-13H,1H3. The molecule has 3 aromatic rings. The monoisotopic (exact) mass is 361 g/mol. The maximum atomic E-state index is 13.1. The fourth-order valence-electron chi connectivity index (χ4n) is 2.73. The lowest BCUT2D eigenvalue weighted by atomic mass is 10.1. The van der Waals surface area contributed by atoms with Crippen LogP contribution in [0.4, 0.5) is 5.13 Å². The zero-order valence-electron chi connectivity index (χ0n) is 14.0. The average molecular weight is 361 g/mol. The van der Waals surface area contributed by atoms with Gasteiger partial charge in [-0.1, -0.05) is 48.5 Å². The minimum Gasteiger partial charge on any atom is -0.496 e. The fourth-order valence-corrected chi connectivity index (χ4v) is 3.37. The van der Waals surface area contributed by atoms with Gasteiger partial charge in [0.15, 0.2) is 5.13 Å². The van der Waals surface area contributed by atoms with Crippen molar-refractivity contribution < 1.29 is 9.53 Å². The highest BCUT2D eigenvalue weighted by Gasteiger charge is 2.34. The van der Waals surface area contributed by atoms with Crippen molar-refractivity contribution in [1.29, 1.82) is 0 Å². The molecule has 2 heterocycles. The Morgan fingerprint density at radius 2 is 1.85 bits per heavy atom. The van der Waals surface area contributed by atoms with Gasteiger partial charge in [0.25, 0.3) is 5.91 Å². The van der Waals surface area contributed by atoms with Crippen molar-refractivity contribution in [3.63, 3.8) is 0 Å². The van der Waals surface area contributed by atoms with Gasteiger partial charge < -0.3 is 4.74 Å². The lowest BCUT2D eigenvalue weighted by Gasteiger charge is -2.14. The average Bonchev–Trinajstić information content (AvgIpc) is 3.31. The number of carbonyl (C=O) groups is 1. The Kier molecular flexibility index (Phi) is 4.33. The number of ether oxygens (including phenoxy) is 1. The van der Waals surface area contributed by atoms with E-state index in [9.17, 15) is 4.79 Å². The summed E-state index contributed by atoms with van der Waals surface area (Å²) in [6.45, 7) is 0. The van der Waals surface area contributed by atoms with Crippen LogP contribution in [0.2, 0.25) is 0 Å². The SMILES string of the molecule is COc1ccccc1C=C1N=C(c2ccccc2)N(c2nccs2)C1=O. The van der Waals surface area contributed by atoms with Gasteiger partial charge in [-0.05, 0) is 12.1 Å². The van der Waals surface area contributed by atoms with Crippen molar-refractivity contribution >= 4 is 34.3 Å². The highest BCUT2D eigenvalue weighted by atomic mass is 32.1. The summed E-state index contributed by atoms with van der Waals surface area (Å²) in [5.41, 5.74) is 2.01. The van der Waals surface area contributed by atoms with E-state index in [-0.39, 0.29) is 5.91 Å². The van der Waals surface area contributed by atoms with E-state index >= 15 is 0 Å². The number of amides is 1. The summed E-state index contributed by atoms with van der Waals surface area (Å²) in [5.74, 6) is 1.06. The van der Waals surface area contributed by atoms with E-state index in [0.717, 1.165) is 11.1 Å². The van der Waals surface area contributed by atoms with Crippen LogP contribution in [0, 0.1) is 0 Å². The smallest absolute Gasteiger partial charge is 0.284 e. The minimum atomic E-state index is -0.204. The zero-order chi connectivity index (χ0) is 17.9. The second-order valence-electron chi connectivity index (χ2n) is 5.53. The first-order valence-electron chi connectivity index (χ1n) is 8.00. The van der Waals surface area contributed by atoms with Crippen LogP contribution in [0.5, 0.6) is 5.75 Å². The fraction of sp³-hybridized carbons (Fsp3) is 0.0500. The zero-order valence-corrected chi connectivity index (χ0v) is 14.8. The third-order valence-electron chi connectivity index (χ3n) is 3.93. The van der Waals surface area contributed by atoms with Gasteiger partial charge in [-0.3, -0.25) is 4.79 Å². The van der Waals surface area contributed by atoms with Gasteiger partial charge in [0, 0.05) is 22.7 Å². The number of aliphatic imine (C=N–C) groups is 1. The highest BCUT2D eigenvalue weighted by molar-refractivity contribution is 7.14. The van der Waals surface area contributed by atoms with Crippen molar-refractivity contribution in [3.8, 4) is 5.75 Å². The molecule has 1 amide bonds. The van der Waals surface area contributed by atoms with Crippen LogP contribution in [0.25, 0.3) is 6.08 Å². The molecule has 5 nitrogen and oxygen atoms in total. The van der Waals surface area contributed by atoms with Gasteiger partial charge in [0.1, 0.15) is 17.3 Å².